The maximum Gasteiger partial charge on any atom is 0.242 e. The number of hydrogen-bond donors (Lipinski definition) is 1. The lowest BCUT2D eigenvalue weighted by Crippen LogP contribution is -2.44. The van der Waals surface area contributed by atoms with E-state index in [2.05, 4.69) is 9.88 Å². The van der Waals surface area contributed by atoms with Gasteiger partial charge in [0.15, 0.2) is 0 Å². The number of rotatable bonds is 3. The molecule has 3 rings (SSSR count). The number of pyridine rings is 1. The van der Waals surface area contributed by atoms with Crippen LogP contribution < -0.4 is 4.90 Å². The Morgan fingerprint density at radius 2 is 2.00 bits per heavy atom. The van der Waals surface area contributed by atoms with Gasteiger partial charge in [-0.05, 0) is 18.6 Å². The second-order valence-electron chi connectivity index (χ2n) is 6.06. The minimum Gasteiger partial charge on any atom is -0.389 e. The van der Waals surface area contributed by atoms with E-state index in [0.29, 0.717) is 39.1 Å². The highest BCUT2D eigenvalue weighted by Crippen LogP contribution is 2.16. The van der Waals surface area contributed by atoms with E-state index in [1.165, 1.54) is 0 Å². The van der Waals surface area contributed by atoms with Gasteiger partial charge >= 0.3 is 0 Å². The fourth-order valence-electron chi connectivity index (χ4n) is 3.14. The summed E-state index contributed by atoms with van der Waals surface area (Å²) >= 11 is 0. The third kappa shape index (κ3) is 3.79. The van der Waals surface area contributed by atoms with Crippen molar-refractivity contribution in [3.8, 4) is 0 Å². The van der Waals surface area contributed by atoms with Crippen LogP contribution in [0.3, 0.4) is 0 Å². The Labute approximate surface area is 135 Å². The van der Waals surface area contributed by atoms with Crippen LogP contribution in [0, 0.1) is 0 Å². The van der Waals surface area contributed by atoms with E-state index in [1.54, 1.807) is 22.2 Å². The molecule has 124 valence electrons. The molecule has 0 aliphatic carbocycles. The number of β-amino-alcohol motifs (C(OH)–C–C–N with tert-alkyl or cyclic N) is 1. The molecular formula is C16H22N4O3. The van der Waals surface area contributed by atoms with Gasteiger partial charge in [-0.1, -0.05) is 0 Å². The van der Waals surface area contributed by atoms with Crippen molar-refractivity contribution in [2.24, 2.45) is 0 Å². The molecule has 23 heavy (non-hydrogen) atoms. The number of aromatic nitrogens is 1. The summed E-state index contributed by atoms with van der Waals surface area (Å²) in [6.07, 6.45) is 4.18. The highest BCUT2D eigenvalue weighted by atomic mass is 16.3. The Kier molecular flexibility index (Phi) is 4.76. The predicted molar refractivity (Wildman–Crippen MR) is 84.9 cm³/mol. The van der Waals surface area contributed by atoms with Gasteiger partial charge in [0.1, 0.15) is 0 Å². The van der Waals surface area contributed by atoms with Crippen LogP contribution in [0.25, 0.3) is 0 Å². The SMILES string of the molecule is O=C1CCCN1CC(=O)N1CCN(c2ccncc2)C[C@H](O)C1. The third-order valence-electron chi connectivity index (χ3n) is 4.38. The average Bonchev–Trinajstić information content (AvgIpc) is 2.84. The first-order valence-electron chi connectivity index (χ1n) is 8.02. The molecule has 1 atom stereocenters. The average molecular weight is 318 g/mol. The molecule has 0 saturated carbocycles. The molecule has 1 aromatic heterocycles. The van der Waals surface area contributed by atoms with Crippen LogP contribution in [-0.4, -0.2) is 77.1 Å². The Morgan fingerprint density at radius 1 is 1.22 bits per heavy atom. The van der Waals surface area contributed by atoms with Crippen LogP contribution in [0.5, 0.6) is 0 Å². The number of carbonyl (C=O) groups is 2. The summed E-state index contributed by atoms with van der Waals surface area (Å²) in [6, 6.07) is 3.79. The Bertz CT molecular complexity index is 566. The van der Waals surface area contributed by atoms with Crippen LogP contribution in [0.15, 0.2) is 24.5 Å². The number of aliphatic hydroxyl groups excluding tert-OH is 1. The monoisotopic (exact) mass is 318 g/mol. The maximum absolute atomic E-state index is 12.4. The molecule has 0 aromatic carbocycles. The van der Waals surface area contributed by atoms with Crippen LogP contribution in [0.1, 0.15) is 12.8 Å². The van der Waals surface area contributed by atoms with Crippen LogP contribution in [0.4, 0.5) is 5.69 Å². The summed E-state index contributed by atoms with van der Waals surface area (Å²) in [7, 11) is 0. The lowest BCUT2D eigenvalue weighted by atomic mass is 10.3. The molecule has 0 radical (unpaired) electrons. The fourth-order valence-corrected chi connectivity index (χ4v) is 3.14. The van der Waals surface area contributed by atoms with Gasteiger partial charge in [0.05, 0.1) is 12.6 Å². The third-order valence-corrected chi connectivity index (χ3v) is 4.38. The van der Waals surface area contributed by atoms with Crippen LogP contribution >= 0.6 is 0 Å². The second kappa shape index (κ2) is 6.95. The first-order chi connectivity index (χ1) is 11.1. The van der Waals surface area contributed by atoms with E-state index in [4.69, 9.17) is 0 Å². The molecule has 1 aromatic rings. The number of anilines is 1. The molecule has 2 saturated heterocycles. The summed E-state index contributed by atoms with van der Waals surface area (Å²) in [5.74, 6) is -0.0389. The van der Waals surface area contributed by atoms with Crippen molar-refractivity contribution in [3.63, 3.8) is 0 Å². The van der Waals surface area contributed by atoms with Crippen molar-refractivity contribution >= 4 is 17.5 Å². The minimum absolute atomic E-state index is 0.0483. The standard InChI is InChI=1S/C16H22N4O3/c21-14-10-18(13-3-5-17-6-4-13)8-9-20(11-14)16(23)12-19-7-1-2-15(19)22/h3-6,14,21H,1-2,7-12H2/t14-/m0/s1. The van der Waals surface area contributed by atoms with E-state index >= 15 is 0 Å². The number of hydrogen-bond acceptors (Lipinski definition) is 5. The largest absolute Gasteiger partial charge is 0.389 e. The Balaban J connectivity index is 1.61. The van der Waals surface area contributed by atoms with Gasteiger partial charge in [0.2, 0.25) is 11.8 Å². The van der Waals surface area contributed by atoms with Gasteiger partial charge in [-0.15, -0.1) is 0 Å². The van der Waals surface area contributed by atoms with Gasteiger partial charge in [-0.3, -0.25) is 14.6 Å². The van der Waals surface area contributed by atoms with Gasteiger partial charge in [-0.2, -0.15) is 0 Å². The van der Waals surface area contributed by atoms with Crippen molar-refractivity contribution in [2.45, 2.75) is 18.9 Å². The molecular weight excluding hydrogens is 296 g/mol. The highest BCUT2D eigenvalue weighted by Gasteiger charge is 2.28. The van der Waals surface area contributed by atoms with Crippen molar-refractivity contribution in [2.75, 3.05) is 44.2 Å². The van der Waals surface area contributed by atoms with Crippen molar-refractivity contribution in [1.29, 1.82) is 0 Å². The predicted octanol–water partition coefficient (Wildman–Crippen LogP) is -0.286. The summed E-state index contributed by atoms with van der Waals surface area (Å²) < 4.78 is 0. The molecule has 7 nitrogen and oxygen atoms in total. The molecule has 2 fully saturated rings. The van der Waals surface area contributed by atoms with E-state index in [1.807, 2.05) is 12.1 Å². The number of carbonyl (C=O) groups excluding carboxylic acids is 2. The first-order valence-corrected chi connectivity index (χ1v) is 8.02. The van der Waals surface area contributed by atoms with Gasteiger partial charge in [-0.25, -0.2) is 0 Å². The van der Waals surface area contributed by atoms with E-state index < -0.39 is 6.10 Å². The number of nitrogens with zero attached hydrogens (tertiary/aromatic N) is 4. The number of likely N-dealkylation sites (tertiary alicyclic amines) is 1. The first kappa shape index (κ1) is 15.7. The van der Waals surface area contributed by atoms with Gasteiger partial charge in [0.25, 0.3) is 0 Å². The normalized spacial score (nSPS) is 22.4. The van der Waals surface area contributed by atoms with Crippen LogP contribution in [-0.2, 0) is 9.59 Å². The molecule has 2 aliphatic heterocycles. The lowest BCUT2D eigenvalue weighted by Gasteiger charge is -2.25. The molecule has 7 heteroatoms. The summed E-state index contributed by atoms with van der Waals surface area (Å²) in [6.45, 7) is 2.77. The molecule has 2 amide bonds. The summed E-state index contributed by atoms with van der Waals surface area (Å²) in [5, 5.41) is 10.2. The van der Waals surface area contributed by atoms with E-state index in [9.17, 15) is 14.7 Å². The fraction of sp³-hybridized carbons (Fsp3) is 0.562. The van der Waals surface area contributed by atoms with Crippen LogP contribution in [0.2, 0.25) is 0 Å². The van der Waals surface area contributed by atoms with E-state index in [0.717, 1.165) is 12.1 Å². The van der Waals surface area contributed by atoms with Gasteiger partial charge in [0, 0.05) is 57.2 Å². The second-order valence-corrected chi connectivity index (χ2v) is 6.06. The minimum atomic E-state index is -0.608. The molecule has 3 heterocycles. The van der Waals surface area contributed by atoms with Crippen molar-refractivity contribution < 1.29 is 14.7 Å². The van der Waals surface area contributed by atoms with E-state index in [-0.39, 0.29) is 18.4 Å². The molecule has 0 bridgehead atoms. The van der Waals surface area contributed by atoms with Crippen molar-refractivity contribution in [3.05, 3.63) is 24.5 Å². The van der Waals surface area contributed by atoms with Gasteiger partial charge < -0.3 is 19.8 Å². The molecule has 0 spiro atoms. The summed E-state index contributed by atoms with van der Waals surface area (Å²) in [5.41, 5.74) is 0.989. The highest BCUT2D eigenvalue weighted by molar-refractivity contribution is 5.86. The topological polar surface area (TPSA) is 77.0 Å². The zero-order valence-corrected chi connectivity index (χ0v) is 13.1. The quantitative estimate of drug-likeness (QED) is 0.829. The molecule has 1 N–H and O–H groups in total. The molecule has 2 aliphatic rings. The zero-order valence-electron chi connectivity index (χ0n) is 13.1. The summed E-state index contributed by atoms with van der Waals surface area (Å²) in [4.78, 5) is 33.4. The molecule has 0 unspecified atom stereocenters. The maximum atomic E-state index is 12.4. The number of aliphatic hydroxyl groups is 1. The van der Waals surface area contributed by atoms with Crippen molar-refractivity contribution in [1.82, 2.24) is 14.8 Å². The Hall–Kier alpha value is -2.15. The lowest BCUT2D eigenvalue weighted by molar-refractivity contribution is -0.138. The zero-order chi connectivity index (χ0) is 16.2. The Morgan fingerprint density at radius 3 is 2.70 bits per heavy atom. The smallest absolute Gasteiger partial charge is 0.242 e. The number of amides is 2.